The van der Waals surface area contributed by atoms with Gasteiger partial charge in [-0.1, -0.05) is 30.3 Å². The Morgan fingerprint density at radius 3 is 2.19 bits per heavy atom. The van der Waals surface area contributed by atoms with Gasteiger partial charge in [-0.3, -0.25) is 9.59 Å². The highest BCUT2D eigenvalue weighted by atomic mass is 19.1. The van der Waals surface area contributed by atoms with Gasteiger partial charge in [-0.2, -0.15) is 0 Å². The number of nitrogens with zero attached hydrogens (tertiary/aromatic N) is 1. The van der Waals surface area contributed by atoms with E-state index in [1.54, 1.807) is 42.5 Å². The van der Waals surface area contributed by atoms with Crippen LogP contribution in [0.1, 0.15) is 5.56 Å². The van der Waals surface area contributed by atoms with Crippen molar-refractivity contribution in [3.63, 3.8) is 0 Å². The third-order valence-corrected chi connectivity index (χ3v) is 4.90. The van der Waals surface area contributed by atoms with E-state index in [4.69, 9.17) is 9.47 Å². The Morgan fingerprint density at radius 1 is 0.839 bits per heavy atom. The zero-order chi connectivity index (χ0) is 22.0. The fourth-order valence-electron chi connectivity index (χ4n) is 3.38. The van der Waals surface area contributed by atoms with Crippen LogP contribution in [0.5, 0.6) is 11.5 Å². The molecule has 0 bridgehead atoms. The number of carbonyl (C=O) groups excluding carboxylic acids is 2. The highest BCUT2D eigenvalue weighted by Gasteiger charge is 2.40. The number of amides is 2. The molecule has 0 unspecified atom stereocenters. The molecule has 1 aliphatic rings. The highest BCUT2D eigenvalue weighted by Crippen LogP contribution is 2.36. The van der Waals surface area contributed by atoms with Crippen molar-refractivity contribution in [3.05, 3.63) is 89.9 Å². The van der Waals surface area contributed by atoms with Crippen LogP contribution in [-0.4, -0.2) is 26.0 Å². The molecule has 0 saturated heterocycles. The minimum Gasteiger partial charge on any atom is -0.497 e. The van der Waals surface area contributed by atoms with Crippen molar-refractivity contribution >= 4 is 28.8 Å². The van der Waals surface area contributed by atoms with E-state index in [-0.39, 0.29) is 17.0 Å². The summed E-state index contributed by atoms with van der Waals surface area (Å²) in [5.74, 6) is -0.479. The molecule has 0 radical (unpaired) electrons. The Labute approximate surface area is 178 Å². The van der Waals surface area contributed by atoms with E-state index in [1.807, 2.05) is 6.07 Å². The quantitative estimate of drug-likeness (QED) is 0.607. The molecule has 1 heterocycles. The molecule has 1 aliphatic heterocycles. The third-order valence-electron chi connectivity index (χ3n) is 4.90. The van der Waals surface area contributed by atoms with E-state index in [2.05, 4.69) is 5.32 Å². The molecule has 7 heteroatoms. The van der Waals surface area contributed by atoms with Crippen molar-refractivity contribution in [1.82, 2.24) is 0 Å². The SMILES string of the molecule is COc1ccc(NC2=C(c3ccccc3)C(=O)N(c3ccc(F)cc3)C2=O)c(OC)c1. The predicted octanol–water partition coefficient (Wildman–Crippen LogP) is 4.24. The summed E-state index contributed by atoms with van der Waals surface area (Å²) < 4.78 is 24.0. The molecule has 2 amide bonds. The topological polar surface area (TPSA) is 67.9 Å². The fraction of sp³-hybridized carbons (Fsp3) is 0.0833. The van der Waals surface area contributed by atoms with Crippen molar-refractivity contribution < 1.29 is 23.5 Å². The first kappa shape index (κ1) is 20.2. The molecular weight excluding hydrogens is 399 g/mol. The van der Waals surface area contributed by atoms with E-state index in [0.717, 1.165) is 4.90 Å². The minimum atomic E-state index is -0.548. The van der Waals surface area contributed by atoms with Gasteiger partial charge in [-0.25, -0.2) is 9.29 Å². The van der Waals surface area contributed by atoms with Gasteiger partial charge in [0, 0.05) is 6.07 Å². The van der Waals surface area contributed by atoms with Crippen molar-refractivity contribution in [1.29, 1.82) is 0 Å². The smallest absolute Gasteiger partial charge is 0.282 e. The lowest BCUT2D eigenvalue weighted by Crippen LogP contribution is -2.32. The molecule has 0 aromatic heterocycles. The van der Waals surface area contributed by atoms with Gasteiger partial charge in [0.25, 0.3) is 11.8 Å². The summed E-state index contributed by atoms with van der Waals surface area (Å²) in [7, 11) is 3.04. The Hall–Kier alpha value is -4.13. The lowest BCUT2D eigenvalue weighted by atomic mass is 10.0. The molecule has 31 heavy (non-hydrogen) atoms. The summed E-state index contributed by atoms with van der Waals surface area (Å²) in [6.45, 7) is 0. The van der Waals surface area contributed by atoms with Crippen molar-refractivity contribution in [2.45, 2.75) is 0 Å². The second-order valence-electron chi connectivity index (χ2n) is 6.73. The monoisotopic (exact) mass is 418 g/mol. The molecule has 156 valence electrons. The number of carbonyl (C=O) groups is 2. The fourth-order valence-corrected chi connectivity index (χ4v) is 3.38. The van der Waals surface area contributed by atoms with Crippen molar-refractivity contribution in [2.75, 3.05) is 24.4 Å². The molecule has 0 fully saturated rings. The average molecular weight is 418 g/mol. The number of imide groups is 1. The number of nitrogens with one attached hydrogen (secondary N) is 1. The normalized spacial score (nSPS) is 13.6. The maximum absolute atomic E-state index is 13.4. The second-order valence-corrected chi connectivity index (χ2v) is 6.73. The average Bonchev–Trinajstić information content (AvgIpc) is 3.04. The molecule has 4 rings (SSSR count). The molecular formula is C24H19FN2O4. The van der Waals surface area contributed by atoms with Gasteiger partial charge in [-0.05, 0) is 42.0 Å². The molecule has 0 atom stereocenters. The van der Waals surface area contributed by atoms with Gasteiger partial charge < -0.3 is 14.8 Å². The van der Waals surface area contributed by atoms with Crippen LogP contribution < -0.4 is 19.7 Å². The van der Waals surface area contributed by atoms with Crippen LogP contribution in [0.4, 0.5) is 15.8 Å². The van der Waals surface area contributed by atoms with Crippen molar-refractivity contribution in [2.24, 2.45) is 0 Å². The molecule has 0 aliphatic carbocycles. The van der Waals surface area contributed by atoms with Crippen molar-refractivity contribution in [3.8, 4) is 11.5 Å². The first-order valence-electron chi connectivity index (χ1n) is 9.46. The second kappa shape index (κ2) is 8.31. The molecule has 0 saturated carbocycles. The van der Waals surface area contributed by atoms with Gasteiger partial charge in [0.1, 0.15) is 23.0 Å². The zero-order valence-corrected chi connectivity index (χ0v) is 16.9. The summed E-state index contributed by atoms with van der Waals surface area (Å²) in [5, 5.41) is 3.06. The van der Waals surface area contributed by atoms with Gasteiger partial charge in [0.2, 0.25) is 0 Å². The Bertz CT molecular complexity index is 1170. The van der Waals surface area contributed by atoms with Crippen LogP contribution >= 0.6 is 0 Å². The largest absolute Gasteiger partial charge is 0.497 e. The zero-order valence-electron chi connectivity index (χ0n) is 16.9. The molecule has 0 spiro atoms. The van der Waals surface area contributed by atoms with Crippen LogP contribution in [0.25, 0.3) is 5.57 Å². The minimum absolute atomic E-state index is 0.101. The maximum Gasteiger partial charge on any atom is 0.282 e. The third kappa shape index (κ3) is 3.73. The molecule has 1 N–H and O–H groups in total. The summed E-state index contributed by atoms with van der Waals surface area (Å²) >= 11 is 0. The van der Waals surface area contributed by atoms with E-state index in [9.17, 15) is 14.0 Å². The van der Waals surface area contributed by atoms with E-state index >= 15 is 0 Å². The van der Waals surface area contributed by atoms with Gasteiger partial charge in [-0.15, -0.1) is 0 Å². The number of hydrogen-bond acceptors (Lipinski definition) is 5. The first-order chi connectivity index (χ1) is 15.0. The number of methoxy groups -OCH3 is 2. The van der Waals surface area contributed by atoms with Crippen LogP contribution in [0.15, 0.2) is 78.5 Å². The number of rotatable bonds is 6. The number of anilines is 2. The Morgan fingerprint density at radius 2 is 1.55 bits per heavy atom. The summed E-state index contributed by atoms with van der Waals surface area (Å²) in [4.78, 5) is 27.7. The number of halogens is 1. The standard InChI is InChI=1S/C24H19FN2O4/c1-30-18-12-13-19(20(14-18)31-2)26-22-21(15-6-4-3-5-7-15)23(28)27(24(22)29)17-10-8-16(25)9-11-17/h3-14,26H,1-2H3. The van der Waals surface area contributed by atoms with E-state index in [0.29, 0.717) is 22.7 Å². The molecule has 3 aromatic carbocycles. The summed E-state index contributed by atoms with van der Waals surface area (Å²) in [6, 6.07) is 19.2. The molecule has 3 aromatic rings. The Balaban J connectivity index is 1.81. The molecule has 6 nitrogen and oxygen atoms in total. The maximum atomic E-state index is 13.4. The lowest BCUT2D eigenvalue weighted by molar-refractivity contribution is -0.120. The van der Waals surface area contributed by atoms with E-state index in [1.165, 1.54) is 38.5 Å². The Kier molecular flexibility index (Phi) is 5.41. The predicted molar refractivity (Wildman–Crippen MR) is 115 cm³/mol. The van der Waals surface area contributed by atoms with Gasteiger partial charge >= 0.3 is 0 Å². The van der Waals surface area contributed by atoms with Gasteiger partial charge in [0.05, 0.1) is 31.2 Å². The summed E-state index contributed by atoms with van der Waals surface area (Å²) in [5.41, 5.74) is 1.68. The van der Waals surface area contributed by atoms with Gasteiger partial charge in [0.15, 0.2) is 0 Å². The van der Waals surface area contributed by atoms with E-state index < -0.39 is 17.6 Å². The summed E-state index contributed by atoms with van der Waals surface area (Å²) in [6.07, 6.45) is 0. The van der Waals surface area contributed by atoms with Crippen LogP contribution in [0, 0.1) is 5.82 Å². The number of hydrogen-bond donors (Lipinski definition) is 1. The lowest BCUT2D eigenvalue weighted by Gasteiger charge is -2.16. The van der Waals surface area contributed by atoms with Crippen LogP contribution in [0.2, 0.25) is 0 Å². The first-order valence-corrected chi connectivity index (χ1v) is 9.46. The number of ether oxygens (including phenoxy) is 2. The van der Waals surface area contributed by atoms with Crippen LogP contribution in [-0.2, 0) is 9.59 Å². The van der Waals surface area contributed by atoms with Crippen LogP contribution in [0.3, 0.4) is 0 Å². The number of benzene rings is 3. The highest BCUT2D eigenvalue weighted by molar-refractivity contribution is 6.46.